The van der Waals surface area contributed by atoms with Crippen LogP contribution in [0.25, 0.3) is 0 Å². The third kappa shape index (κ3) is 3.43. The average Bonchev–Trinajstić information content (AvgIpc) is 3.12. The summed E-state index contributed by atoms with van der Waals surface area (Å²) >= 11 is 0. The molecule has 2 heterocycles. The number of rotatable bonds is 4. The molecule has 1 fully saturated rings. The van der Waals surface area contributed by atoms with Crippen molar-refractivity contribution in [2.75, 3.05) is 16.8 Å². The van der Waals surface area contributed by atoms with Gasteiger partial charge in [-0.2, -0.15) is 5.10 Å². The molecule has 6 heteroatoms. The van der Waals surface area contributed by atoms with Crippen LogP contribution in [0, 0.1) is 12.8 Å². The van der Waals surface area contributed by atoms with Gasteiger partial charge < -0.3 is 10.2 Å². The van der Waals surface area contributed by atoms with Crippen molar-refractivity contribution in [1.82, 2.24) is 9.78 Å². The number of aromatic nitrogens is 2. The summed E-state index contributed by atoms with van der Waals surface area (Å²) < 4.78 is 1.71. The molecule has 1 aromatic heterocycles. The van der Waals surface area contributed by atoms with E-state index >= 15 is 0 Å². The molecule has 132 valence electrons. The number of nitrogens with one attached hydrogen (secondary N) is 1. The van der Waals surface area contributed by atoms with Crippen LogP contribution in [0.1, 0.15) is 37.4 Å². The molecular formula is C19H24N4O2. The lowest BCUT2D eigenvalue weighted by atomic mass is 10.0. The molecule has 0 saturated carbocycles. The van der Waals surface area contributed by atoms with Crippen LogP contribution in [0.5, 0.6) is 0 Å². The lowest BCUT2D eigenvalue weighted by molar-refractivity contribution is -0.122. The Kier molecular flexibility index (Phi) is 4.61. The van der Waals surface area contributed by atoms with Crippen molar-refractivity contribution in [3.05, 3.63) is 41.7 Å². The van der Waals surface area contributed by atoms with Gasteiger partial charge in [0, 0.05) is 25.7 Å². The number of anilines is 2. The zero-order chi connectivity index (χ0) is 18.1. The van der Waals surface area contributed by atoms with E-state index in [1.54, 1.807) is 15.8 Å². The van der Waals surface area contributed by atoms with Gasteiger partial charge >= 0.3 is 0 Å². The van der Waals surface area contributed by atoms with Crippen molar-refractivity contribution < 1.29 is 9.59 Å². The minimum absolute atomic E-state index is 0.0136. The fraction of sp³-hybridized carbons (Fsp3) is 0.421. The summed E-state index contributed by atoms with van der Waals surface area (Å²) in [5.41, 5.74) is 3.66. The van der Waals surface area contributed by atoms with E-state index in [2.05, 4.69) is 24.3 Å². The Labute approximate surface area is 147 Å². The van der Waals surface area contributed by atoms with E-state index in [1.165, 1.54) is 5.56 Å². The van der Waals surface area contributed by atoms with E-state index in [9.17, 15) is 9.59 Å². The number of aryl methyl sites for hydroxylation is 1. The van der Waals surface area contributed by atoms with Crippen molar-refractivity contribution >= 4 is 23.2 Å². The predicted molar refractivity (Wildman–Crippen MR) is 97.6 cm³/mol. The summed E-state index contributed by atoms with van der Waals surface area (Å²) in [6.07, 6.45) is 1.86. The monoisotopic (exact) mass is 340 g/mol. The summed E-state index contributed by atoms with van der Waals surface area (Å²) in [4.78, 5) is 26.6. The molecule has 1 saturated heterocycles. The Bertz CT molecular complexity index is 792. The highest BCUT2D eigenvalue weighted by Gasteiger charge is 2.35. The number of amides is 2. The lowest BCUT2D eigenvalue weighted by Crippen LogP contribution is -2.28. The van der Waals surface area contributed by atoms with Crippen LogP contribution in [-0.2, 0) is 16.6 Å². The summed E-state index contributed by atoms with van der Waals surface area (Å²) in [6, 6.07) is 8.00. The number of hydrogen-bond donors (Lipinski definition) is 1. The quantitative estimate of drug-likeness (QED) is 0.930. The van der Waals surface area contributed by atoms with Gasteiger partial charge in [-0.05, 0) is 30.5 Å². The molecule has 1 aliphatic heterocycles. The molecule has 6 nitrogen and oxygen atoms in total. The van der Waals surface area contributed by atoms with Crippen LogP contribution in [0.2, 0.25) is 0 Å². The molecule has 1 aromatic carbocycles. The first kappa shape index (κ1) is 17.2. The van der Waals surface area contributed by atoms with Crippen LogP contribution in [-0.4, -0.2) is 28.1 Å². The van der Waals surface area contributed by atoms with Crippen molar-refractivity contribution in [2.24, 2.45) is 13.0 Å². The van der Waals surface area contributed by atoms with Crippen LogP contribution in [0.3, 0.4) is 0 Å². The Morgan fingerprint density at radius 3 is 2.52 bits per heavy atom. The third-order valence-electron chi connectivity index (χ3n) is 4.86. The molecule has 1 atom stereocenters. The van der Waals surface area contributed by atoms with Gasteiger partial charge in [0.25, 0.3) is 0 Å². The van der Waals surface area contributed by atoms with Crippen molar-refractivity contribution in [1.29, 1.82) is 0 Å². The van der Waals surface area contributed by atoms with Crippen molar-refractivity contribution in [2.45, 2.75) is 33.1 Å². The largest absolute Gasteiger partial charge is 0.323 e. The highest BCUT2D eigenvalue weighted by Crippen LogP contribution is 2.27. The highest BCUT2D eigenvalue weighted by molar-refractivity contribution is 6.03. The number of carbonyl (C=O) groups excluding carboxylic acids is 2. The van der Waals surface area contributed by atoms with Crippen LogP contribution >= 0.6 is 0 Å². The minimum Gasteiger partial charge on any atom is -0.323 e. The molecule has 3 rings (SSSR count). The fourth-order valence-corrected chi connectivity index (χ4v) is 3.03. The maximum absolute atomic E-state index is 12.5. The Balaban J connectivity index is 1.69. The van der Waals surface area contributed by atoms with Gasteiger partial charge in [-0.1, -0.05) is 26.0 Å². The Morgan fingerprint density at radius 1 is 1.28 bits per heavy atom. The van der Waals surface area contributed by atoms with Crippen molar-refractivity contribution in [3.63, 3.8) is 0 Å². The maximum Gasteiger partial charge on any atom is 0.229 e. The lowest BCUT2D eigenvalue weighted by Gasteiger charge is -2.17. The van der Waals surface area contributed by atoms with E-state index in [0.717, 1.165) is 11.4 Å². The Morgan fingerprint density at radius 2 is 1.96 bits per heavy atom. The van der Waals surface area contributed by atoms with Gasteiger partial charge in [0.2, 0.25) is 11.8 Å². The molecule has 0 bridgehead atoms. The van der Waals surface area contributed by atoms with Gasteiger partial charge in [0.05, 0.1) is 23.5 Å². The van der Waals surface area contributed by atoms with E-state index in [0.29, 0.717) is 18.2 Å². The zero-order valence-electron chi connectivity index (χ0n) is 15.1. The smallest absolute Gasteiger partial charge is 0.229 e. The number of nitrogens with zero attached hydrogens (tertiary/aromatic N) is 3. The summed E-state index contributed by atoms with van der Waals surface area (Å²) in [6.45, 7) is 6.57. The zero-order valence-corrected chi connectivity index (χ0v) is 15.1. The molecule has 1 N–H and O–H groups in total. The molecule has 1 aliphatic rings. The first-order chi connectivity index (χ1) is 11.9. The van der Waals surface area contributed by atoms with Crippen molar-refractivity contribution in [3.8, 4) is 0 Å². The number of carbonyl (C=O) groups is 2. The van der Waals surface area contributed by atoms with Crippen LogP contribution in [0.15, 0.2) is 30.5 Å². The summed E-state index contributed by atoms with van der Waals surface area (Å²) in [5, 5.41) is 7.01. The highest BCUT2D eigenvalue weighted by atomic mass is 16.2. The molecule has 2 amide bonds. The SMILES string of the molecule is Cc1c(NC(=O)C2CC(=O)N(c3ccc(C(C)C)cc3)C2)cnn1C. The molecular weight excluding hydrogens is 316 g/mol. The fourth-order valence-electron chi connectivity index (χ4n) is 3.03. The molecule has 25 heavy (non-hydrogen) atoms. The average molecular weight is 340 g/mol. The number of hydrogen-bond acceptors (Lipinski definition) is 3. The van der Waals surface area contributed by atoms with Crippen LogP contribution in [0.4, 0.5) is 11.4 Å². The maximum atomic E-state index is 12.5. The third-order valence-corrected chi connectivity index (χ3v) is 4.86. The predicted octanol–water partition coefficient (Wildman–Crippen LogP) is 2.84. The second kappa shape index (κ2) is 6.70. The van der Waals surface area contributed by atoms with Gasteiger partial charge in [0.1, 0.15) is 0 Å². The summed E-state index contributed by atoms with van der Waals surface area (Å²) in [7, 11) is 1.83. The van der Waals surface area contributed by atoms with E-state index in [4.69, 9.17) is 0 Å². The van der Waals surface area contributed by atoms with Gasteiger partial charge in [-0.25, -0.2) is 0 Å². The van der Waals surface area contributed by atoms with Gasteiger partial charge in [-0.15, -0.1) is 0 Å². The molecule has 2 aromatic rings. The van der Waals surface area contributed by atoms with E-state index < -0.39 is 0 Å². The molecule has 0 radical (unpaired) electrons. The van der Waals surface area contributed by atoms with Crippen LogP contribution < -0.4 is 10.2 Å². The minimum atomic E-state index is -0.350. The molecule has 0 aliphatic carbocycles. The topological polar surface area (TPSA) is 67.2 Å². The summed E-state index contributed by atoms with van der Waals surface area (Å²) in [5.74, 6) is -0.0486. The Hall–Kier alpha value is -2.63. The first-order valence-corrected chi connectivity index (χ1v) is 8.56. The normalized spacial score (nSPS) is 17.4. The second-order valence-electron chi connectivity index (χ2n) is 6.91. The van der Waals surface area contributed by atoms with E-state index in [-0.39, 0.29) is 24.2 Å². The van der Waals surface area contributed by atoms with Gasteiger partial charge in [-0.3, -0.25) is 14.3 Å². The number of benzene rings is 1. The second-order valence-corrected chi connectivity index (χ2v) is 6.91. The molecule has 0 spiro atoms. The van der Waals surface area contributed by atoms with E-state index in [1.807, 2.05) is 38.2 Å². The standard InChI is InChI=1S/C19H24N4O2/c1-12(2)14-5-7-16(8-6-14)23-11-15(9-18(23)24)19(25)21-17-10-20-22(4)13(17)3/h5-8,10,12,15H,9,11H2,1-4H3,(H,21,25). The first-order valence-electron chi connectivity index (χ1n) is 8.56. The molecule has 1 unspecified atom stereocenters. The van der Waals surface area contributed by atoms with Gasteiger partial charge in [0.15, 0.2) is 0 Å².